The second-order valence-corrected chi connectivity index (χ2v) is 11.6. The van der Waals surface area contributed by atoms with E-state index < -0.39 is 0 Å². The molecule has 34 heavy (non-hydrogen) atoms. The molecule has 4 fully saturated rings. The monoisotopic (exact) mass is 477 g/mol. The predicted molar refractivity (Wildman–Crippen MR) is 137 cm³/mol. The number of fused-ring (bicyclic) bond motifs is 1. The predicted octanol–water partition coefficient (Wildman–Crippen LogP) is 7.91. The van der Waals surface area contributed by atoms with Crippen LogP contribution in [0.1, 0.15) is 56.6 Å². The number of halogens is 2. The highest BCUT2D eigenvalue weighted by Crippen LogP contribution is 2.61. The van der Waals surface area contributed by atoms with Crippen molar-refractivity contribution >= 4 is 22.4 Å². The van der Waals surface area contributed by atoms with Crippen LogP contribution >= 0.6 is 11.6 Å². The maximum atomic E-state index is 13.5. The lowest BCUT2D eigenvalue weighted by atomic mass is 9.48. The largest absolute Gasteiger partial charge is 0.488 e. The van der Waals surface area contributed by atoms with E-state index in [0.29, 0.717) is 23.1 Å². The Labute approximate surface area is 206 Å². The third kappa shape index (κ3) is 4.12. The van der Waals surface area contributed by atoms with E-state index in [2.05, 4.69) is 48.6 Å². The molecule has 4 aliphatic carbocycles. The number of hydrogen-bond donors (Lipinski definition) is 1. The minimum absolute atomic E-state index is 0.314. The van der Waals surface area contributed by atoms with Crippen LogP contribution in [0.25, 0.3) is 10.8 Å². The highest BCUT2D eigenvalue weighted by molar-refractivity contribution is 6.31. The summed E-state index contributed by atoms with van der Waals surface area (Å²) >= 11 is 6.25. The Hall–Kier alpha value is -2.10. The lowest BCUT2D eigenvalue weighted by Gasteiger charge is -2.59. The topological polar surface area (TPSA) is 21.3 Å². The Morgan fingerprint density at radius 2 is 1.71 bits per heavy atom. The summed E-state index contributed by atoms with van der Waals surface area (Å²) < 4.78 is 19.7. The molecule has 1 unspecified atom stereocenters. The summed E-state index contributed by atoms with van der Waals surface area (Å²) in [5.41, 5.74) is 2.44. The van der Waals surface area contributed by atoms with Gasteiger partial charge < -0.3 is 10.1 Å². The Balaban J connectivity index is 1.24. The minimum Gasteiger partial charge on any atom is -0.488 e. The number of ether oxygens (including phenoxy) is 1. The summed E-state index contributed by atoms with van der Waals surface area (Å²) in [5, 5.41) is 6.78. The lowest BCUT2D eigenvalue weighted by molar-refractivity contribution is -0.0706. The first-order chi connectivity index (χ1) is 16.5. The van der Waals surface area contributed by atoms with E-state index in [-0.39, 0.29) is 5.82 Å². The first-order valence-corrected chi connectivity index (χ1v) is 13.2. The maximum absolute atomic E-state index is 13.5. The van der Waals surface area contributed by atoms with E-state index >= 15 is 0 Å². The van der Waals surface area contributed by atoms with Gasteiger partial charge in [-0.25, -0.2) is 4.39 Å². The fraction of sp³-hybridized carbons (Fsp3) is 0.467. The van der Waals surface area contributed by atoms with Crippen molar-refractivity contribution in [3.05, 3.63) is 76.6 Å². The SMILES string of the molecule is CC(NCc1c(OCc2ccc(F)cc2Cl)ccc2ccccc12)C12CC3CC(CC(C3)C1)C2. The van der Waals surface area contributed by atoms with Crippen LogP contribution in [0.4, 0.5) is 4.39 Å². The van der Waals surface area contributed by atoms with Gasteiger partial charge in [-0.3, -0.25) is 0 Å². The number of benzene rings is 3. The fourth-order valence-electron chi connectivity index (χ4n) is 7.61. The minimum atomic E-state index is -0.331. The van der Waals surface area contributed by atoms with Crippen molar-refractivity contribution in [3.8, 4) is 5.75 Å². The van der Waals surface area contributed by atoms with Gasteiger partial charge in [0, 0.05) is 23.7 Å². The normalized spacial score (nSPS) is 28.4. The fourth-order valence-corrected chi connectivity index (χ4v) is 7.83. The van der Waals surface area contributed by atoms with Crippen LogP contribution in [-0.2, 0) is 13.2 Å². The molecule has 4 bridgehead atoms. The highest BCUT2D eigenvalue weighted by Gasteiger charge is 2.52. The molecule has 4 aliphatic rings. The third-order valence-electron chi connectivity index (χ3n) is 8.99. The van der Waals surface area contributed by atoms with Gasteiger partial charge in [0.25, 0.3) is 0 Å². The molecule has 1 atom stereocenters. The van der Waals surface area contributed by atoms with Gasteiger partial charge in [0.15, 0.2) is 0 Å². The van der Waals surface area contributed by atoms with Gasteiger partial charge in [0.2, 0.25) is 0 Å². The van der Waals surface area contributed by atoms with E-state index in [1.54, 1.807) is 6.07 Å². The highest BCUT2D eigenvalue weighted by atomic mass is 35.5. The van der Waals surface area contributed by atoms with E-state index in [9.17, 15) is 4.39 Å². The summed E-state index contributed by atoms with van der Waals surface area (Å²) in [6, 6.07) is 17.6. The number of nitrogens with one attached hydrogen (secondary N) is 1. The summed E-state index contributed by atoms with van der Waals surface area (Å²) in [6.45, 7) is 3.50. The van der Waals surface area contributed by atoms with Gasteiger partial charge >= 0.3 is 0 Å². The van der Waals surface area contributed by atoms with Gasteiger partial charge in [0.05, 0.1) is 5.02 Å². The van der Waals surface area contributed by atoms with Crippen LogP contribution in [0.2, 0.25) is 5.02 Å². The maximum Gasteiger partial charge on any atom is 0.124 e. The van der Waals surface area contributed by atoms with Crippen molar-refractivity contribution in [2.75, 3.05) is 0 Å². The first-order valence-electron chi connectivity index (χ1n) is 12.8. The Morgan fingerprint density at radius 3 is 2.41 bits per heavy atom. The Kier molecular flexibility index (Phi) is 5.82. The summed E-state index contributed by atoms with van der Waals surface area (Å²) in [5.74, 6) is 3.39. The van der Waals surface area contributed by atoms with Crippen molar-refractivity contribution in [3.63, 3.8) is 0 Å². The molecule has 1 N–H and O–H groups in total. The standard InChI is InChI=1S/C30H33ClFNO/c1-19(30-14-20-10-21(15-30)12-22(11-20)16-30)33-17-27-26-5-3-2-4-23(26)7-9-29(27)34-18-24-6-8-25(32)13-28(24)31/h2-9,13,19-22,33H,10-12,14-18H2,1H3. The van der Waals surface area contributed by atoms with Gasteiger partial charge in [-0.1, -0.05) is 48.0 Å². The number of rotatable bonds is 7. The van der Waals surface area contributed by atoms with E-state index in [4.69, 9.17) is 16.3 Å². The van der Waals surface area contributed by atoms with Crippen LogP contribution in [-0.4, -0.2) is 6.04 Å². The summed E-state index contributed by atoms with van der Waals surface area (Å²) in [7, 11) is 0. The van der Waals surface area contributed by atoms with Crippen LogP contribution < -0.4 is 10.1 Å². The van der Waals surface area contributed by atoms with E-state index in [1.165, 1.54) is 67.0 Å². The molecule has 0 aromatic heterocycles. The van der Waals surface area contributed by atoms with Crippen LogP contribution in [0, 0.1) is 29.0 Å². The van der Waals surface area contributed by atoms with Crippen molar-refractivity contribution in [1.82, 2.24) is 5.32 Å². The van der Waals surface area contributed by atoms with Gasteiger partial charge in [-0.15, -0.1) is 0 Å². The second-order valence-electron chi connectivity index (χ2n) is 11.2. The van der Waals surface area contributed by atoms with Crippen LogP contribution in [0.15, 0.2) is 54.6 Å². The average Bonchev–Trinajstić information content (AvgIpc) is 2.81. The average molecular weight is 478 g/mol. The smallest absolute Gasteiger partial charge is 0.124 e. The van der Waals surface area contributed by atoms with E-state index in [1.807, 2.05) is 0 Å². The molecule has 3 aromatic carbocycles. The molecule has 7 rings (SSSR count). The molecule has 0 radical (unpaired) electrons. The molecule has 0 amide bonds. The molecule has 0 spiro atoms. The van der Waals surface area contributed by atoms with E-state index in [0.717, 1.165) is 35.6 Å². The molecular weight excluding hydrogens is 445 g/mol. The molecule has 3 aromatic rings. The zero-order valence-electron chi connectivity index (χ0n) is 19.8. The molecule has 4 heteroatoms. The number of hydrogen-bond acceptors (Lipinski definition) is 2. The van der Waals surface area contributed by atoms with Crippen LogP contribution in [0.5, 0.6) is 5.75 Å². The van der Waals surface area contributed by atoms with Crippen molar-refractivity contribution in [2.24, 2.45) is 23.2 Å². The molecule has 0 heterocycles. The van der Waals surface area contributed by atoms with Crippen LogP contribution in [0.3, 0.4) is 0 Å². The van der Waals surface area contributed by atoms with Gasteiger partial charge in [-0.2, -0.15) is 0 Å². The molecular formula is C30H33ClFNO. The van der Waals surface area contributed by atoms with Gasteiger partial charge in [-0.05, 0) is 97.6 Å². The molecule has 0 saturated heterocycles. The zero-order chi connectivity index (χ0) is 23.3. The van der Waals surface area contributed by atoms with Crippen molar-refractivity contribution < 1.29 is 9.13 Å². The zero-order valence-corrected chi connectivity index (χ0v) is 20.6. The Morgan fingerprint density at radius 1 is 1.00 bits per heavy atom. The summed E-state index contributed by atoms with van der Waals surface area (Å²) in [6.07, 6.45) is 8.61. The molecule has 4 saturated carbocycles. The quantitative estimate of drug-likeness (QED) is 0.373. The third-order valence-corrected chi connectivity index (χ3v) is 9.34. The van der Waals surface area contributed by atoms with Gasteiger partial charge in [0.1, 0.15) is 18.2 Å². The summed E-state index contributed by atoms with van der Waals surface area (Å²) in [4.78, 5) is 0. The molecule has 0 aliphatic heterocycles. The molecule has 2 nitrogen and oxygen atoms in total. The first kappa shape index (κ1) is 22.4. The van der Waals surface area contributed by atoms with Crippen molar-refractivity contribution in [1.29, 1.82) is 0 Å². The second kappa shape index (κ2) is 8.84. The Bertz CT molecular complexity index is 1170. The van der Waals surface area contributed by atoms with Crippen molar-refractivity contribution in [2.45, 2.75) is 64.6 Å². The lowest BCUT2D eigenvalue weighted by Crippen LogP contribution is -2.54. The molecule has 178 valence electrons.